The van der Waals surface area contributed by atoms with Gasteiger partial charge in [0.25, 0.3) is 0 Å². The Morgan fingerprint density at radius 2 is 1.76 bits per heavy atom. The zero-order valence-corrected chi connectivity index (χ0v) is 12.4. The summed E-state index contributed by atoms with van der Waals surface area (Å²) in [5, 5.41) is 12.9. The fraction of sp³-hybridized carbons (Fsp3) is 0.294. The highest BCUT2D eigenvalue weighted by Crippen LogP contribution is 2.26. The Bertz CT molecular complexity index is 584. The second-order valence-corrected chi connectivity index (χ2v) is 4.74. The minimum absolute atomic E-state index is 0.162. The number of hydrogen-bond donors (Lipinski definition) is 2. The van der Waals surface area contributed by atoms with Crippen LogP contribution in [-0.2, 0) is 13.0 Å². The molecule has 0 aliphatic rings. The average Bonchev–Trinajstić information content (AvgIpc) is 2.53. The first kappa shape index (κ1) is 15.2. The van der Waals surface area contributed by atoms with Gasteiger partial charge in [-0.25, -0.2) is 0 Å². The normalized spacial score (nSPS) is 10.4. The molecule has 0 heterocycles. The van der Waals surface area contributed by atoms with Crippen LogP contribution in [0.5, 0.6) is 17.2 Å². The standard InChI is InChI=1S/C17H21NO3/c1-20-16-6-4-3-5-14(16)9-10-18-12-13-7-8-15(19)17(11-13)21-2/h3-8,11,18-19H,9-10,12H2,1-2H3. The van der Waals surface area contributed by atoms with E-state index in [4.69, 9.17) is 9.47 Å². The number of para-hydroxylation sites is 1. The minimum Gasteiger partial charge on any atom is -0.504 e. The maximum Gasteiger partial charge on any atom is 0.160 e. The summed E-state index contributed by atoms with van der Waals surface area (Å²) >= 11 is 0. The van der Waals surface area contributed by atoms with Crippen molar-refractivity contribution in [1.29, 1.82) is 0 Å². The van der Waals surface area contributed by atoms with E-state index in [2.05, 4.69) is 11.4 Å². The number of benzene rings is 2. The Hall–Kier alpha value is -2.20. The smallest absolute Gasteiger partial charge is 0.160 e. The van der Waals surface area contributed by atoms with E-state index in [1.807, 2.05) is 30.3 Å². The lowest BCUT2D eigenvalue weighted by atomic mass is 10.1. The van der Waals surface area contributed by atoms with Crippen LogP contribution >= 0.6 is 0 Å². The van der Waals surface area contributed by atoms with Crippen LogP contribution in [0.1, 0.15) is 11.1 Å². The van der Waals surface area contributed by atoms with Crippen LogP contribution in [0.15, 0.2) is 42.5 Å². The largest absolute Gasteiger partial charge is 0.504 e. The molecule has 0 aliphatic carbocycles. The second kappa shape index (κ2) is 7.55. The molecule has 0 saturated carbocycles. The van der Waals surface area contributed by atoms with E-state index in [1.165, 1.54) is 5.56 Å². The van der Waals surface area contributed by atoms with Gasteiger partial charge in [0, 0.05) is 6.54 Å². The van der Waals surface area contributed by atoms with Gasteiger partial charge >= 0.3 is 0 Å². The molecule has 0 unspecified atom stereocenters. The summed E-state index contributed by atoms with van der Waals surface area (Å²) < 4.78 is 10.4. The van der Waals surface area contributed by atoms with Gasteiger partial charge in [0.05, 0.1) is 14.2 Å². The molecule has 4 nitrogen and oxygen atoms in total. The third-order valence-electron chi connectivity index (χ3n) is 3.34. The fourth-order valence-corrected chi connectivity index (χ4v) is 2.20. The van der Waals surface area contributed by atoms with Crippen LogP contribution in [0, 0.1) is 0 Å². The summed E-state index contributed by atoms with van der Waals surface area (Å²) in [7, 11) is 3.24. The van der Waals surface area contributed by atoms with Crippen LogP contribution in [0.25, 0.3) is 0 Å². The predicted molar refractivity (Wildman–Crippen MR) is 83.1 cm³/mol. The van der Waals surface area contributed by atoms with Crippen molar-refractivity contribution in [2.24, 2.45) is 0 Å². The molecule has 21 heavy (non-hydrogen) atoms. The van der Waals surface area contributed by atoms with Gasteiger partial charge in [-0.2, -0.15) is 0 Å². The van der Waals surface area contributed by atoms with Gasteiger partial charge in [0.2, 0.25) is 0 Å². The Balaban J connectivity index is 1.84. The Labute approximate surface area is 125 Å². The molecule has 112 valence electrons. The average molecular weight is 287 g/mol. The Morgan fingerprint density at radius 1 is 1.00 bits per heavy atom. The highest BCUT2D eigenvalue weighted by Gasteiger charge is 2.03. The van der Waals surface area contributed by atoms with Crippen LogP contribution in [0.4, 0.5) is 0 Å². The molecule has 2 N–H and O–H groups in total. The number of methoxy groups -OCH3 is 2. The number of phenols is 1. The molecule has 0 aliphatic heterocycles. The van der Waals surface area contributed by atoms with E-state index >= 15 is 0 Å². The molecule has 2 aromatic rings. The highest BCUT2D eigenvalue weighted by molar-refractivity contribution is 5.41. The van der Waals surface area contributed by atoms with E-state index in [0.29, 0.717) is 5.75 Å². The predicted octanol–water partition coefficient (Wildman–Crippen LogP) is 2.74. The lowest BCUT2D eigenvalue weighted by molar-refractivity contribution is 0.373. The first-order valence-corrected chi connectivity index (χ1v) is 6.93. The van der Waals surface area contributed by atoms with Crippen molar-refractivity contribution < 1.29 is 14.6 Å². The monoisotopic (exact) mass is 287 g/mol. The third kappa shape index (κ3) is 4.13. The van der Waals surface area contributed by atoms with Gasteiger partial charge < -0.3 is 19.9 Å². The summed E-state index contributed by atoms with van der Waals surface area (Å²) in [6.07, 6.45) is 0.902. The maximum absolute atomic E-state index is 9.55. The molecule has 0 amide bonds. The molecule has 0 radical (unpaired) electrons. The number of phenolic OH excluding ortho intramolecular Hbond substituents is 1. The number of ether oxygens (including phenoxy) is 2. The van der Waals surface area contributed by atoms with Crippen LogP contribution in [-0.4, -0.2) is 25.9 Å². The first-order chi connectivity index (χ1) is 10.2. The molecule has 0 fully saturated rings. The van der Waals surface area contributed by atoms with Gasteiger partial charge in [-0.1, -0.05) is 24.3 Å². The minimum atomic E-state index is 0.162. The van der Waals surface area contributed by atoms with Crippen molar-refractivity contribution in [3.05, 3.63) is 53.6 Å². The Morgan fingerprint density at radius 3 is 2.52 bits per heavy atom. The Kier molecular flexibility index (Phi) is 5.46. The molecule has 0 aromatic heterocycles. The highest BCUT2D eigenvalue weighted by atomic mass is 16.5. The van der Waals surface area contributed by atoms with Crippen LogP contribution < -0.4 is 14.8 Å². The zero-order chi connectivity index (χ0) is 15.1. The van der Waals surface area contributed by atoms with Crippen molar-refractivity contribution in [2.75, 3.05) is 20.8 Å². The van der Waals surface area contributed by atoms with Gasteiger partial charge in [-0.05, 0) is 42.3 Å². The molecule has 0 saturated heterocycles. The van der Waals surface area contributed by atoms with Crippen LogP contribution in [0.3, 0.4) is 0 Å². The summed E-state index contributed by atoms with van der Waals surface area (Å²) in [4.78, 5) is 0. The van der Waals surface area contributed by atoms with E-state index in [9.17, 15) is 5.11 Å². The van der Waals surface area contributed by atoms with Crippen molar-refractivity contribution in [1.82, 2.24) is 5.32 Å². The maximum atomic E-state index is 9.55. The topological polar surface area (TPSA) is 50.7 Å². The number of aromatic hydroxyl groups is 1. The number of hydrogen-bond acceptors (Lipinski definition) is 4. The van der Waals surface area contributed by atoms with E-state index in [1.54, 1.807) is 20.3 Å². The molecule has 0 atom stereocenters. The molecular weight excluding hydrogens is 266 g/mol. The van der Waals surface area contributed by atoms with E-state index < -0.39 is 0 Å². The summed E-state index contributed by atoms with van der Waals surface area (Å²) in [5.41, 5.74) is 2.26. The van der Waals surface area contributed by atoms with Gasteiger partial charge in [0.1, 0.15) is 5.75 Å². The van der Waals surface area contributed by atoms with Gasteiger partial charge in [0.15, 0.2) is 11.5 Å². The molecule has 2 aromatic carbocycles. The van der Waals surface area contributed by atoms with Crippen molar-refractivity contribution in [3.8, 4) is 17.2 Å². The SMILES string of the molecule is COc1cc(CNCCc2ccccc2OC)ccc1O. The second-order valence-electron chi connectivity index (χ2n) is 4.74. The van der Waals surface area contributed by atoms with Gasteiger partial charge in [-0.3, -0.25) is 0 Å². The first-order valence-electron chi connectivity index (χ1n) is 6.93. The lowest BCUT2D eigenvalue weighted by Gasteiger charge is -2.10. The third-order valence-corrected chi connectivity index (χ3v) is 3.34. The van der Waals surface area contributed by atoms with E-state index in [-0.39, 0.29) is 5.75 Å². The lowest BCUT2D eigenvalue weighted by Crippen LogP contribution is -2.17. The van der Waals surface area contributed by atoms with Crippen molar-refractivity contribution in [2.45, 2.75) is 13.0 Å². The zero-order valence-electron chi connectivity index (χ0n) is 12.4. The van der Waals surface area contributed by atoms with Crippen molar-refractivity contribution >= 4 is 0 Å². The number of nitrogens with one attached hydrogen (secondary N) is 1. The van der Waals surface area contributed by atoms with E-state index in [0.717, 1.165) is 30.8 Å². The quantitative estimate of drug-likeness (QED) is 0.769. The van der Waals surface area contributed by atoms with Crippen molar-refractivity contribution in [3.63, 3.8) is 0 Å². The molecule has 0 bridgehead atoms. The molecule has 0 spiro atoms. The fourth-order valence-electron chi connectivity index (χ4n) is 2.20. The molecule has 4 heteroatoms. The summed E-state index contributed by atoms with van der Waals surface area (Å²) in [5.74, 6) is 1.58. The molecular formula is C17H21NO3. The van der Waals surface area contributed by atoms with Crippen LogP contribution in [0.2, 0.25) is 0 Å². The summed E-state index contributed by atoms with van der Waals surface area (Å²) in [6.45, 7) is 1.58. The molecule has 2 rings (SSSR count). The van der Waals surface area contributed by atoms with Gasteiger partial charge in [-0.15, -0.1) is 0 Å². The summed E-state index contributed by atoms with van der Waals surface area (Å²) in [6, 6.07) is 13.4. The number of rotatable bonds is 7.